The SMILES string of the molecule is C[C@@H](c1ccncn1)N(C)CC(=O)Nc1nc(C(C)(C)C)cs1. The molecule has 0 radical (unpaired) electrons. The lowest BCUT2D eigenvalue weighted by atomic mass is 9.93. The second-order valence-electron chi connectivity index (χ2n) is 6.56. The van der Waals surface area contributed by atoms with E-state index in [1.165, 1.54) is 17.7 Å². The molecule has 0 spiro atoms. The van der Waals surface area contributed by atoms with E-state index in [9.17, 15) is 4.79 Å². The molecule has 2 heterocycles. The van der Waals surface area contributed by atoms with Crippen LogP contribution in [0.1, 0.15) is 45.1 Å². The molecule has 1 N–H and O–H groups in total. The number of nitrogens with zero attached hydrogens (tertiary/aromatic N) is 4. The molecule has 0 unspecified atom stereocenters. The van der Waals surface area contributed by atoms with Crippen molar-refractivity contribution in [3.8, 4) is 0 Å². The minimum Gasteiger partial charge on any atom is -0.301 e. The highest BCUT2D eigenvalue weighted by molar-refractivity contribution is 7.13. The first-order valence-electron chi connectivity index (χ1n) is 7.49. The molecule has 0 aliphatic rings. The van der Waals surface area contributed by atoms with E-state index >= 15 is 0 Å². The molecular weight excluding hydrogens is 310 g/mol. The second kappa shape index (κ2) is 7.14. The van der Waals surface area contributed by atoms with Crippen molar-refractivity contribution in [3.63, 3.8) is 0 Å². The van der Waals surface area contributed by atoms with Crippen LogP contribution in [0.25, 0.3) is 0 Å². The van der Waals surface area contributed by atoms with E-state index in [0.717, 1.165) is 11.4 Å². The fourth-order valence-electron chi connectivity index (χ4n) is 1.97. The van der Waals surface area contributed by atoms with E-state index < -0.39 is 0 Å². The lowest BCUT2D eigenvalue weighted by Gasteiger charge is -2.23. The Balaban J connectivity index is 1.93. The summed E-state index contributed by atoms with van der Waals surface area (Å²) in [4.78, 5) is 26.8. The predicted octanol–water partition coefficient (Wildman–Crippen LogP) is 2.86. The normalized spacial score (nSPS) is 13.1. The molecule has 2 aromatic rings. The summed E-state index contributed by atoms with van der Waals surface area (Å²) in [6.07, 6.45) is 3.22. The topological polar surface area (TPSA) is 71.0 Å². The Morgan fingerprint density at radius 3 is 2.74 bits per heavy atom. The highest BCUT2D eigenvalue weighted by Crippen LogP contribution is 2.26. The van der Waals surface area contributed by atoms with E-state index in [1.54, 1.807) is 6.20 Å². The van der Waals surface area contributed by atoms with E-state index in [1.807, 2.05) is 30.3 Å². The molecule has 0 aromatic carbocycles. The van der Waals surface area contributed by atoms with E-state index in [4.69, 9.17) is 0 Å². The first-order chi connectivity index (χ1) is 10.8. The number of hydrogen-bond donors (Lipinski definition) is 1. The number of nitrogens with one attached hydrogen (secondary N) is 1. The average molecular weight is 333 g/mol. The number of aromatic nitrogens is 3. The number of thiazole rings is 1. The van der Waals surface area contributed by atoms with Crippen molar-refractivity contribution in [2.45, 2.75) is 39.2 Å². The third-order valence-electron chi connectivity index (χ3n) is 3.61. The molecule has 2 rings (SSSR count). The van der Waals surface area contributed by atoms with E-state index in [2.05, 4.69) is 41.0 Å². The summed E-state index contributed by atoms with van der Waals surface area (Å²) in [6, 6.07) is 1.89. The van der Waals surface area contributed by atoms with Gasteiger partial charge in [0.15, 0.2) is 5.13 Å². The van der Waals surface area contributed by atoms with Gasteiger partial charge in [-0.1, -0.05) is 20.8 Å². The summed E-state index contributed by atoms with van der Waals surface area (Å²) in [6.45, 7) is 8.59. The van der Waals surface area contributed by atoms with Gasteiger partial charge in [0.05, 0.1) is 17.9 Å². The van der Waals surface area contributed by atoms with Crippen LogP contribution in [-0.2, 0) is 10.2 Å². The second-order valence-corrected chi connectivity index (χ2v) is 7.42. The third kappa shape index (κ3) is 4.80. The number of likely N-dealkylation sites (N-methyl/N-ethyl adjacent to an activating group) is 1. The molecule has 0 saturated carbocycles. The van der Waals surface area contributed by atoms with Crippen molar-refractivity contribution >= 4 is 22.4 Å². The van der Waals surface area contributed by atoms with Crippen molar-refractivity contribution in [2.24, 2.45) is 0 Å². The van der Waals surface area contributed by atoms with Gasteiger partial charge in [-0.2, -0.15) is 0 Å². The summed E-state index contributed by atoms with van der Waals surface area (Å²) < 4.78 is 0. The van der Waals surface area contributed by atoms with Crippen molar-refractivity contribution < 1.29 is 4.79 Å². The number of carbonyl (C=O) groups excluding carboxylic acids is 1. The number of rotatable bonds is 5. The largest absolute Gasteiger partial charge is 0.301 e. The molecule has 124 valence electrons. The van der Waals surface area contributed by atoms with Gasteiger partial charge in [-0.05, 0) is 20.0 Å². The zero-order valence-electron chi connectivity index (χ0n) is 14.2. The monoisotopic (exact) mass is 333 g/mol. The maximum absolute atomic E-state index is 12.2. The number of anilines is 1. The van der Waals surface area contributed by atoms with Gasteiger partial charge in [0, 0.05) is 23.0 Å². The van der Waals surface area contributed by atoms with Gasteiger partial charge in [0.1, 0.15) is 6.33 Å². The first kappa shape index (κ1) is 17.5. The van der Waals surface area contributed by atoms with Crippen molar-refractivity contribution in [2.75, 3.05) is 18.9 Å². The maximum atomic E-state index is 12.2. The van der Waals surface area contributed by atoms with Crippen molar-refractivity contribution in [1.82, 2.24) is 19.9 Å². The standard InChI is InChI=1S/C16H23N5OS/c1-11(12-6-7-17-10-18-12)21(5)8-14(22)20-15-19-13(9-23-15)16(2,3)4/h6-7,9-11H,8H2,1-5H3,(H,19,20,22)/t11-/m0/s1. The molecule has 23 heavy (non-hydrogen) atoms. The quantitative estimate of drug-likeness (QED) is 0.911. The smallest absolute Gasteiger partial charge is 0.240 e. The Hall–Kier alpha value is -1.86. The highest BCUT2D eigenvalue weighted by Gasteiger charge is 2.19. The van der Waals surface area contributed by atoms with E-state index in [0.29, 0.717) is 5.13 Å². The zero-order chi connectivity index (χ0) is 17.0. The number of amides is 1. The summed E-state index contributed by atoms with van der Waals surface area (Å²) in [5.41, 5.74) is 1.86. The van der Waals surface area contributed by atoms with Crippen LogP contribution in [0.15, 0.2) is 24.0 Å². The van der Waals surface area contributed by atoms with Gasteiger partial charge in [0.2, 0.25) is 5.91 Å². The number of hydrogen-bond acceptors (Lipinski definition) is 6. The van der Waals surface area contributed by atoms with Crippen LogP contribution < -0.4 is 5.32 Å². The molecule has 1 atom stereocenters. The van der Waals surface area contributed by atoms with Gasteiger partial charge in [-0.25, -0.2) is 15.0 Å². The summed E-state index contributed by atoms with van der Waals surface area (Å²) in [7, 11) is 1.90. The molecule has 6 nitrogen and oxygen atoms in total. The molecule has 0 aliphatic carbocycles. The van der Waals surface area contributed by atoms with Crippen molar-refractivity contribution in [1.29, 1.82) is 0 Å². The van der Waals surface area contributed by atoms with Crippen LogP contribution in [0.5, 0.6) is 0 Å². The van der Waals surface area contributed by atoms with Gasteiger partial charge < -0.3 is 5.32 Å². The summed E-state index contributed by atoms with van der Waals surface area (Å²) in [5, 5.41) is 5.50. The van der Waals surface area contributed by atoms with Crippen molar-refractivity contribution in [3.05, 3.63) is 35.4 Å². The van der Waals surface area contributed by atoms with Crippen LogP contribution in [0, 0.1) is 0 Å². The fraction of sp³-hybridized carbons (Fsp3) is 0.500. The molecule has 0 fully saturated rings. The summed E-state index contributed by atoms with van der Waals surface area (Å²) in [5.74, 6) is -0.0804. The molecule has 7 heteroatoms. The van der Waals surface area contributed by atoms with Crippen LogP contribution in [0.3, 0.4) is 0 Å². The van der Waals surface area contributed by atoms with Crippen LogP contribution >= 0.6 is 11.3 Å². The lowest BCUT2D eigenvalue weighted by Crippen LogP contribution is -2.32. The molecule has 0 aliphatic heterocycles. The molecule has 2 aromatic heterocycles. The Kier molecular flexibility index (Phi) is 5.43. The van der Waals surface area contributed by atoms with Crippen LogP contribution in [0.2, 0.25) is 0 Å². The highest BCUT2D eigenvalue weighted by atomic mass is 32.1. The first-order valence-corrected chi connectivity index (χ1v) is 8.37. The minimum atomic E-state index is -0.0804. The molecule has 1 amide bonds. The maximum Gasteiger partial charge on any atom is 0.240 e. The lowest BCUT2D eigenvalue weighted by molar-refractivity contribution is -0.117. The van der Waals surface area contributed by atoms with Crippen LogP contribution in [-0.4, -0.2) is 39.4 Å². The van der Waals surface area contributed by atoms with Gasteiger partial charge in [-0.3, -0.25) is 9.69 Å². The average Bonchev–Trinajstić information content (AvgIpc) is 2.95. The van der Waals surface area contributed by atoms with Gasteiger partial charge >= 0.3 is 0 Å². The Bertz CT molecular complexity index is 650. The zero-order valence-corrected chi connectivity index (χ0v) is 15.0. The van der Waals surface area contributed by atoms with Crippen LogP contribution in [0.4, 0.5) is 5.13 Å². The minimum absolute atomic E-state index is 0.0161. The predicted molar refractivity (Wildman–Crippen MR) is 92.5 cm³/mol. The molecular formula is C16H23N5OS. The van der Waals surface area contributed by atoms with Gasteiger partial charge in [0.25, 0.3) is 0 Å². The fourth-order valence-corrected chi connectivity index (χ4v) is 2.93. The molecule has 0 bridgehead atoms. The Morgan fingerprint density at radius 2 is 2.17 bits per heavy atom. The Morgan fingerprint density at radius 1 is 1.43 bits per heavy atom. The third-order valence-corrected chi connectivity index (χ3v) is 4.36. The number of carbonyl (C=O) groups is 1. The Labute approximate surface area is 141 Å². The van der Waals surface area contributed by atoms with E-state index in [-0.39, 0.29) is 23.9 Å². The molecule has 0 saturated heterocycles. The summed E-state index contributed by atoms with van der Waals surface area (Å²) >= 11 is 1.45. The van der Waals surface area contributed by atoms with Gasteiger partial charge in [-0.15, -0.1) is 11.3 Å².